The standard InChI is InChI=1S/C17H22Cl2N2O3S/c1-24-16(23)17(7-10-3-2-4-12(18)14(10)19)5-6-21-8-11(17)15(22)13(20)9-25/h2-4,11,13,21,25H,5-9,20H2,1H3/t11?,13-,17?/m0/s1. The first-order valence-corrected chi connectivity index (χ1v) is 9.38. The topological polar surface area (TPSA) is 81.4 Å². The molecule has 5 nitrogen and oxygen atoms in total. The molecule has 2 unspecified atom stereocenters. The zero-order valence-electron chi connectivity index (χ0n) is 13.9. The van der Waals surface area contributed by atoms with Gasteiger partial charge < -0.3 is 15.8 Å². The van der Waals surface area contributed by atoms with E-state index in [0.29, 0.717) is 35.1 Å². The lowest BCUT2D eigenvalue weighted by Crippen LogP contribution is -2.57. The number of hydrogen-bond acceptors (Lipinski definition) is 6. The molecule has 0 amide bonds. The quantitative estimate of drug-likeness (QED) is 0.499. The van der Waals surface area contributed by atoms with Gasteiger partial charge in [-0.3, -0.25) is 9.59 Å². The zero-order chi connectivity index (χ0) is 18.6. The van der Waals surface area contributed by atoms with E-state index in [1.54, 1.807) is 18.2 Å². The maximum absolute atomic E-state index is 12.8. The van der Waals surface area contributed by atoms with E-state index in [0.717, 1.165) is 0 Å². The highest BCUT2D eigenvalue weighted by Gasteiger charge is 2.52. The molecule has 1 aliphatic heterocycles. The van der Waals surface area contributed by atoms with Crippen LogP contribution < -0.4 is 11.1 Å². The van der Waals surface area contributed by atoms with E-state index in [2.05, 4.69) is 17.9 Å². The number of nitrogens with two attached hydrogens (primary N) is 1. The van der Waals surface area contributed by atoms with Crippen LogP contribution >= 0.6 is 35.8 Å². The van der Waals surface area contributed by atoms with E-state index in [9.17, 15) is 9.59 Å². The SMILES string of the molecule is COC(=O)C1(Cc2cccc(Cl)c2Cl)CCNCC1C(=O)[C@@H](N)CS. The molecular formula is C17H22Cl2N2O3S. The highest BCUT2D eigenvalue weighted by atomic mass is 35.5. The summed E-state index contributed by atoms with van der Waals surface area (Å²) in [7, 11) is 1.33. The summed E-state index contributed by atoms with van der Waals surface area (Å²) in [4.78, 5) is 25.6. The van der Waals surface area contributed by atoms with Crippen molar-refractivity contribution < 1.29 is 14.3 Å². The van der Waals surface area contributed by atoms with Crippen LogP contribution in [0.25, 0.3) is 0 Å². The van der Waals surface area contributed by atoms with E-state index in [-0.39, 0.29) is 18.0 Å². The second-order valence-electron chi connectivity index (χ2n) is 6.24. The number of methoxy groups -OCH3 is 1. The van der Waals surface area contributed by atoms with Crippen molar-refractivity contribution in [3.63, 3.8) is 0 Å². The van der Waals surface area contributed by atoms with Crippen LogP contribution in [0.3, 0.4) is 0 Å². The maximum atomic E-state index is 12.8. The van der Waals surface area contributed by atoms with Crippen molar-refractivity contribution in [2.45, 2.75) is 18.9 Å². The van der Waals surface area contributed by atoms with Gasteiger partial charge in [0.2, 0.25) is 0 Å². The van der Waals surface area contributed by atoms with Crippen molar-refractivity contribution in [2.24, 2.45) is 17.1 Å². The van der Waals surface area contributed by atoms with E-state index < -0.39 is 23.3 Å². The van der Waals surface area contributed by atoms with Gasteiger partial charge in [-0.05, 0) is 31.0 Å². The molecule has 1 aromatic carbocycles. The molecule has 0 saturated carbocycles. The van der Waals surface area contributed by atoms with E-state index in [1.807, 2.05) is 0 Å². The van der Waals surface area contributed by atoms with Gasteiger partial charge in [0, 0.05) is 18.2 Å². The minimum absolute atomic E-state index is 0.203. The molecule has 3 N–H and O–H groups in total. The highest BCUT2D eigenvalue weighted by molar-refractivity contribution is 7.80. The smallest absolute Gasteiger partial charge is 0.312 e. The number of hydrogen-bond donors (Lipinski definition) is 3. The lowest BCUT2D eigenvalue weighted by Gasteiger charge is -2.42. The monoisotopic (exact) mass is 404 g/mol. The van der Waals surface area contributed by atoms with Crippen molar-refractivity contribution in [3.8, 4) is 0 Å². The number of carbonyl (C=O) groups excluding carboxylic acids is 2. The van der Waals surface area contributed by atoms with Gasteiger partial charge in [0.25, 0.3) is 0 Å². The maximum Gasteiger partial charge on any atom is 0.312 e. The second-order valence-corrected chi connectivity index (χ2v) is 7.39. The second kappa shape index (κ2) is 8.73. The Hall–Kier alpha value is -0.790. The number of rotatable bonds is 6. The number of thiol groups is 1. The van der Waals surface area contributed by atoms with Gasteiger partial charge in [-0.15, -0.1) is 0 Å². The van der Waals surface area contributed by atoms with E-state index in [4.69, 9.17) is 33.7 Å². The summed E-state index contributed by atoms with van der Waals surface area (Å²) in [6, 6.07) is 4.51. The summed E-state index contributed by atoms with van der Waals surface area (Å²) in [5, 5.41) is 3.96. The van der Waals surface area contributed by atoms with Crippen LogP contribution in [0, 0.1) is 11.3 Å². The van der Waals surface area contributed by atoms with Crippen molar-refractivity contribution in [1.29, 1.82) is 0 Å². The van der Waals surface area contributed by atoms with Crippen molar-refractivity contribution >= 4 is 47.6 Å². The number of ether oxygens (including phenoxy) is 1. The molecular weight excluding hydrogens is 383 g/mol. The van der Waals surface area contributed by atoms with Gasteiger partial charge in [0.05, 0.1) is 28.6 Å². The lowest BCUT2D eigenvalue weighted by molar-refractivity contribution is -0.161. The summed E-state index contributed by atoms with van der Waals surface area (Å²) in [5.74, 6) is -1.05. The Balaban J connectivity index is 2.48. The lowest BCUT2D eigenvalue weighted by atomic mass is 9.64. The number of halogens is 2. The fourth-order valence-electron chi connectivity index (χ4n) is 3.40. The van der Waals surface area contributed by atoms with Gasteiger partial charge in [-0.2, -0.15) is 12.6 Å². The number of nitrogens with one attached hydrogen (secondary N) is 1. The fourth-order valence-corrected chi connectivity index (χ4v) is 3.97. The molecule has 138 valence electrons. The molecule has 0 aromatic heterocycles. The third kappa shape index (κ3) is 4.14. The Morgan fingerprint density at radius 1 is 1.48 bits per heavy atom. The first-order chi connectivity index (χ1) is 11.9. The van der Waals surface area contributed by atoms with Crippen LogP contribution in [0.15, 0.2) is 18.2 Å². The molecule has 1 fully saturated rings. The third-order valence-electron chi connectivity index (χ3n) is 4.80. The Labute approximate surface area is 163 Å². The number of esters is 1. The molecule has 0 spiro atoms. The van der Waals surface area contributed by atoms with Crippen LogP contribution in [0.1, 0.15) is 12.0 Å². The fraction of sp³-hybridized carbons (Fsp3) is 0.529. The van der Waals surface area contributed by atoms with Gasteiger partial charge in [0.15, 0.2) is 5.78 Å². The van der Waals surface area contributed by atoms with Gasteiger partial charge in [-0.1, -0.05) is 35.3 Å². The van der Waals surface area contributed by atoms with Crippen molar-refractivity contribution in [1.82, 2.24) is 5.32 Å². The predicted molar refractivity (Wildman–Crippen MR) is 102 cm³/mol. The number of ketones is 1. The summed E-state index contributed by atoms with van der Waals surface area (Å²) < 4.78 is 5.07. The average Bonchev–Trinajstić information content (AvgIpc) is 2.63. The molecule has 0 bridgehead atoms. The van der Waals surface area contributed by atoms with Crippen molar-refractivity contribution in [2.75, 3.05) is 26.0 Å². The van der Waals surface area contributed by atoms with Gasteiger partial charge in [0.1, 0.15) is 0 Å². The Morgan fingerprint density at radius 3 is 2.84 bits per heavy atom. The van der Waals surface area contributed by atoms with Crippen LogP contribution in [0.2, 0.25) is 10.0 Å². The molecule has 1 aliphatic rings. The van der Waals surface area contributed by atoms with Gasteiger partial charge in [-0.25, -0.2) is 0 Å². The Kier molecular flexibility index (Phi) is 7.17. The summed E-state index contributed by atoms with van der Waals surface area (Å²) in [6.45, 7) is 0.945. The predicted octanol–water partition coefficient (Wildman–Crippen LogP) is 2.13. The number of carbonyl (C=O) groups is 2. The molecule has 1 saturated heterocycles. The summed E-state index contributed by atoms with van der Waals surface area (Å²) >= 11 is 16.5. The van der Waals surface area contributed by atoms with Crippen LogP contribution in [-0.4, -0.2) is 43.7 Å². The number of benzene rings is 1. The normalized spacial score (nSPS) is 24.6. The van der Waals surface area contributed by atoms with E-state index in [1.165, 1.54) is 7.11 Å². The summed E-state index contributed by atoms with van der Waals surface area (Å²) in [6.07, 6.45) is 0.703. The Morgan fingerprint density at radius 2 is 2.20 bits per heavy atom. The summed E-state index contributed by atoms with van der Waals surface area (Å²) in [5.41, 5.74) is 5.58. The van der Waals surface area contributed by atoms with Gasteiger partial charge >= 0.3 is 5.97 Å². The minimum Gasteiger partial charge on any atom is -0.469 e. The zero-order valence-corrected chi connectivity index (χ0v) is 16.3. The van der Waals surface area contributed by atoms with Crippen LogP contribution in [-0.2, 0) is 20.7 Å². The first-order valence-electron chi connectivity index (χ1n) is 7.99. The van der Waals surface area contributed by atoms with Crippen molar-refractivity contribution in [3.05, 3.63) is 33.8 Å². The Bertz CT molecular complexity index is 659. The van der Waals surface area contributed by atoms with Crippen LogP contribution in [0.5, 0.6) is 0 Å². The third-order valence-corrected chi connectivity index (χ3v) is 6.05. The molecule has 2 rings (SSSR count). The van der Waals surface area contributed by atoms with Crippen LogP contribution in [0.4, 0.5) is 0 Å². The average molecular weight is 405 g/mol. The minimum atomic E-state index is -1.04. The first kappa shape index (κ1) is 20.5. The largest absolute Gasteiger partial charge is 0.469 e. The molecule has 1 heterocycles. The van der Waals surface area contributed by atoms with E-state index >= 15 is 0 Å². The number of Topliss-reactive ketones (excluding diaryl/α,β-unsaturated/α-hetero) is 1. The molecule has 25 heavy (non-hydrogen) atoms. The molecule has 8 heteroatoms. The number of piperidine rings is 1. The molecule has 3 atom stereocenters. The molecule has 1 aromatic rings. The highest BCUT2D eigenvalue weighted by Crippen LogP contribution is 2.42. The molecule has 0 aliphatic carbocycles. The molecule has 0 radical (unpaired) electrons.